The van der Waals surface area contributed by atoms with Crippen LogP contribution in [0.2, 0.25) is 0 Å². The number of aromatic nitrogens is 3. The minimum Gasteiger partial charge on any atom is -0.369 e. The Hall–Kier alpha value is -2.89. The van der Waals surface area contributed by atoms with Gasteiger partial charge < -0.3 is 10.6 Å². The van der Waals surface area contributed by atoms with Crippen molar-refractivity contribution in [2.75, 3.05) is 11.4 Å². The first kappa shape index (κ1) is 15.6. The van der Waals surface area contributed by atoms with Gasteiger partial charge in [-0.1, -0.05) is 18.2 Å². The molecule has 0 aliphatic carbocycles. The van der Waals surface area contributed by atoms with Crippen molar-refractivity contribution in [2.24, 2.45) is 5.73 Å². The number of amides is 1. The number of hydrogen-bond acceptors (Lipinski definition) is 4. The zero-order chi connectivity index (χ0) is 17.6. The lowest BCUT2D eigenvalue weighted by atomic mass is 9.89. The van der Waals surface area contributed by atoms with Crippen LogP contribution in [0.15, 0.2) is 36.5 Å². The molecule has 4 rings (SSSR count). The Bertz CT molecular complexity index is 962. The second kappa shape index (κ2) is 5.88. The highest BCUT2D eigenvalue weighted by atomic mass is 16.1. The summed E-state index contributed by atoms with van der Waals surface area (Å²) in [4.78, 5) is 23.2. The smallest absolute Gasteiger partial charge is 0.234 e. The van der Waals surface area contributed by atoms with Gasteiger partial charge in [-0.15, -0.1) is 0 Å². The van der Waals surface area contributed by atoms with Gasteiger partial charge in [-0.3, -0.25) is 9.20 Å². The van der Waals surface area contributed by atoms with Crippen LogP contribution in [-0.2, 0) is 11.3 Å². The normalized spacial score (nSPS) is 16.9. The molecule has 25 heavy (non-hydrogen) atoms. The number of carbonyl (C=O) groups excluding carboxylic acids is 1. The lowest BCUT2D eigenvalue weighted by Crippen LogP contribution is -2.35. The standard InChI is InChI=1S/C19H21N5O/c1-12-9-13(2)24-11-14(22-19(24)21-12)10-23-8-7-16(18(20)25)15-5-3-4-6-17(15)23/h3-6,9,11,16H,7-8,10H2,1-2H3,(H2,20,25)/t16-/m0/s1. The first-order valence-corrected chi connectivity index (χ1v) is 8.48. The second-order valence-electron chi connectivity index (χ2n) is 6.67. The van der Waals surface area contributed by atoms with Crippen LogP contribution in [0.5, 0.6) is 0 Å². The molecule has 3 aromatic rings. The molecule has 1 aliphatic heterocycles. The zero-order valence-corrected chi connectivity index (χ0v) is 14.4. The van der Waals surface area contributed by atoms with Gasteiger partial charge in [0, 0.05) is 29.8 Å². The lowest BCUT2D eigenvalue weighted by molar-refractivity contribution is -0.119. The summed E-state index contributed by atoms with van der Waals surface area (Å²) in [6.45, 7) is 5.50. The van der Waals surface area contributed by atoms with Crippen molar-refractivity contribution in [1.29, 1.82) is 0 Å². The van der Waals surface area contributed by atoms with Crippen LogP contribution in [0.4, 0.5) is 5.69 Å². The summed E-state index contributed by atoms with van der Waals surface area (Å²) in [5.41, 5.74) is 10.7. The van der Waals surface area contributed by atoms with Gasteiger partial charge in [-0.25, -0.2) is 9.97 Å². The second-order valence-corrected chi connectivity index (χ2v) is 6.67. The fourth-order valence-corrected chi connectivity index (χ4v) is 3.68. The molecule has 128 valence electrons. The Morgan fingerprint density at radius 1 is 1.28 bits per heavy atom. The minimum atomic E-state index is -0.255. The third kappa shape index (κ3) is 2.73. The highest BCUT2D eigenvalue weighted by Gasteiger charge is 2.28. The number of rotatable bonds is 3. The molecule has 1 amide bonds. The number of carbonyl (C=O) groups is 1. The zero-order valence-electron chi connectivity index (χ0n) is 14.4. The predicted octanol–water partition coefficient (Wildman–Crippen LogP) is 2.33. The molecule has 0 fully saturated rings. The van der Waals surface area contributed by atoms with Crippen LogP contribution >= 0.6 is 0 Å². The van der Waals surface area contributed by atoms with Gasteiger partial charge in [0.15, 0.2) is 0 Å². The van der Waals surface area contributed by atoms with E-state index in [1.807, 2.05) is 47.9 Å². The van der Waals surface area contributed by atoms with E-state index in [1.165, 1.54) is 0 Å². The maximum Gasteiger partial charge on any atom is 0.234 e. The van der Waals surface area contributed by atoms with Gasteiger partial charge in [-0.05, 0) is 38.0 Å². The quantitative estimate of drug-likeness (QED) is 0.797. The van der Waals surface area contributed by atoms with E-state index in [4.69, 9.17) is 5.73 Å². The molecule has 0 radical (unpaired) electrons. The Labute approximate surface area is 146 Å². The van der Waals surface area contributed by atoms with E-state index < -0.39 is 0 Å². The molecule has 1 aliphatic rings. The van der Waals surface area contributed by atoms with Gasteiger partial charge >= 0.3 is 0 Å². The van der Waals surface area contributed by atoms with Gasteiger partial charge in [-0.2, -0.15) is 0 Å². The average Bonchev–Trinajstić information content (AvgIpc) is 2.97. The molecular weight excluding hydrogens is 314 g/mol. The van der Waals surface area contributed by atoms with Crippen molar-refractivity contribution in [2.45, 2.75) is 32.7 Å². The Morgan fingerprint density at radius 2 is 2.08 bits per heavy atom. The van der Waals surface area contributed by atoms with Crippen molar-refractivity contribution < 1.29 is 4.79 Å². The van der Waals surface area contributed by atoms with E-state index in [1.54, 1.807) is 0 Å². The van der Waals surface area contributed by atoms with E-state index in [0.29, 0.717) is 6.54 Å². The molecule has 0 saturated heterocycles. The van der Waals surface area contributed by atoms with E-state index in [-0.39, 0.29) is 11.8 Å². The molecular formula is C19H21N5O. The third-order valence-corrected chi connectivity index (χ3v) is 4.85. The van der Waals surface area contributed by atoms with Crippen LogP contribution in [0, 0.1) is 13.8 Å². The molecule has 0 spiro atoms. The SMILES string of the molecule is Cc1cc(C)n2cc(CN3CC[C@H](C(N)=O)c4ccccc43)nc2n1. The van der Waals surface area contributed by atoms with Crippen molar-refractivity contribution >= 4 is 17.4 Å². The topological polar surface area (TPSA) is 76.5 Å². The van der Waals surface area contributed by atoms with Crippen molar-refractivity contribution in [3.8, 4) is 0 Å². The van der Waals surface area contributed by atoms with Gasteiger partial charge in [0.1, 0.15) is 0 Å². The number of imidazole rings is 1. The predicted molar refractivity (Wildman–Crippen MR) is 96.5 cm³/mol. The van der Waals surface area contributed by atoms with E-state index in [9.17, 15) is 4.79 Å². The number of nitrogens with two attached hydrogens (primary N) is 1. The Kier molecular flexibility index (Phi) is 3.67. The monoisotopic (exact) mass is 335 g/mol. The molecule has 0 saturated carbocycles. The molecule has 1 atom stereocenters. The van der Waals surface area contributed by atoms with Gasteiger partial charge in [0.2, 0.25) is 11.7 Å². The summed E-state index contributed by atoms with van der Waals surface area (Å²) in [7, 11) is 0. The summed E-state index contributed by atoms with van der Waals surface area (Å²) in [5, 5.41) is 0. The first-order valence-electron chi connectivity index (χ1n) is 8.48. The fourth-order valence-electron chi connectivity index (χ4n) is 3.68. The first-order chi connectivity index (χ1) is 12.0. The summed E-state index contributed by atoms with van der Waals surface area (Å²) in [5.74, 6) is 0.267. The number of benzene rings is 1. The summed E-state index contributed by atoms with van der Waals surface area (Å²) >= 11 is 0. The molecule has 2 N–H and O–H groups in total. The molecule has 0 unspecified atom stereocenters. The van der Waals surface area contributed by atoms with E-state index in [2.05, 4.69) is 21.8 Å². The molecule has 6 heteroatoms. The molecule has 1 aromatic carbocycles. The van der Waals surface area contributed by atoms with E-state index in [0.717, 1.165) is 47.1 Å². The highest BCUT2D eigenvalue weighted by molar-refractivity contribution is 5.85. The van der Waals surface area contributed by atoms with Crippen LogP contribution in [0.25, 0.3) is 5.78 Å². The number of para-hydroxylation sites is 1. The van der Waals surface area contributed by atoms with Crippen molar-refractivity contribution in [1.82, 2.24) is 14.4 Å². The number of nitrogens with zero attached hydrogens (tertiary/aromatic N) is 4. The van der Waals surface area contributed by atoms with Crippen LogP contribution in [0.3, 0.4) is 0 Å². The highest BCUT2D eigenvalue weighted by Crippen LogP contribution is 2.35. The van der Waals surface area contributed by atoms with E-state index >= 15 is 0 Å². The number of fused-ring (bicyclic) bond motifs is 2. The molecule has 3 heterocycles. The van der Waals surface area contributed by atoms with Gasteiger partial charge in [0.25, 0.3) is 0 Å². The maximum atomic E-state index is 11.7. The van der Waals surface area contributed by atoms with Crippen molar-refractivity contribution in [3.63, 3.8) is 0 Å². The minimum absolute atomic E-state index is 0.208. The van der Waals surface area contributed by atoms with Crippen LogP contribution < -0.4 is 10.6 Å². The number of primary amides is 1. The molecule has 6 nitrogen and oxygen atoms in total. The summed E-state index contributed by atoms with van der Waals surface area (Å²) < 4.78 is 2.02. The van der Waals surface area contributed by atoms with Crippen molar-refractivity contribution in [3.05, 3.63) is 59.2 Å². The molecule has 2 aromatic heterocycles. The number of hydrogen-bond donors (Lipinski definition) is 1. The van der Waals surface area contributed by atoms with Gasteiger partial charge in [0.05, 0.1) is 18.2 Å². The lowest BCUT2D eigenvalue weighted by Gasteiger charge is -2.34. The Morgan fingerprint density at radius 3 is 2.88 bits per heavy atom. The third-order valence-electron chi connectivity index (χ3n) is 4.85. The fraction of sp³-hybridized carbons (Fsp3) is 0.316. The van der Waals surface area contributed by atoms with Crippen LogP contribution in [-0.4, -0.2) is 26.8 Å². The average molecular weight is 335 g/mol. The maximum absolute atomic E-state index is 11.7. The molecule has 0 bridgehead atoms. The summed E-state index contributed by atoms with van der Waals surface area (Å²) in [6, 6.07) is 10.0. The largest absolute Gasteiger partial charge is 0.369 e. The summed E-state index contributed by atoms with van der Waals surface area (Å²) in [6.07, 6.45) is 2.77. The number of anilines is 1. The number of aryl methyl sites for hydroxylation is 2. The van der Waals surface area contributed by atoms with Crippen LogP contribution in [0.1, 0.15) is 35.0 Å². The Balaban J connectivity index is 1.68.